The molecule has 0 fully saturated rings. The van der Waals surface area contributed by atoms with Crippen molar-refractivity contribution in [2.45, 2.75) is 39.2 Å². The van der Waals surface area contributed by atoms with Gasteiger partial charge in [-0.1, -0.05) is 31.9 Å². The van der Waals surface area contributed by atoms with Crippen LogP contribution in [0, 0.1) is 0 Å². The van der Waals surface area contributed by atoms with Gasteiger partial charge in [0.2, 0.25) is 0 Å². The second kappa shape index (κ2) is 6.44. The molecular formula is C11H18ClNS. The van der Waals surface area contributed by atoms with Crippen molar-refractivity contribution in [2.75, 3.05) is 6.54 Å². The smallest absolute Gasteiger partial charge is 0.0931 e. The second-order valence-electron chi connectivity index (χ2n) is 3.41. The first-order valence-electron chi connectivity index (χ1n) is 5.26. The van der Waals surface area contributed by atoms with E-state index in [-0.39, 0.29) is 0 Å². The van der Waals surface area contributed by atoms with Gasteiger partial charge in [0.1, 0.15) is 0 Å². The van der Waals surface area contributed by atoms with E-state index < -0.39 is 0 Å². The van der Waals surface area contributed by atoms with Crippen molar-refractivity contribution in [3.8, 4) is 0 Å². The Kier molecular flexibility index (Phi) is 5.53. The summed E-state index contributed by atoms with van der Waals surface area (Å²) in [4.78, 5) is 1.36. The minimum atomic E-state index is 0.485. The van der Waals surface area contributed by atoms with E-state index in [0.29, 0.717) is 6.04 Å². The van der Waals surface area contributed by atoms with Crippen molar-refractivity contribution in [1.82, 2.24) is 5.32 Å². The largest absolute Gasteiger partial charge is 0.309 e. The molecule has 80 valence electrons. The van der Waals surface area contributed by atoms with Crippen LogP contribution in [0.25, 0.3) is 0 Å². The first kappa shape index (κ1) is 12.0. The van der Waals surface area contributed by atoms with E-state index in [4.69, 9.17) is 11.6 Å². The Bertz CT molecular complexity index is 260. The van der Waals surface area contributed by atoms with Crippen molar-refractivity contribution in [3.05, 3.63) is 21.3 Å². The average molecular weight is 232 g/mol. The summed E-state index contributed by atoms with van der Waals surface area (Å²) in [5, 5.41) is 3.55. The van der Waals surface area contributed by atoms with E-state index >= 15 is 0 Å². The molecule has 1 N–H and O–H groups in total. The first-order chi connectivity index (χ1) is 6.77. The summed E-state index contributed by atoms with van der Waals surface area (Å²) in [7, 11) is 0. The molecule has 0 aliphatic rings. The lowest BCUT2D eigenvalue weighted by Crippen LogP contribution is -2.20. The highest BCUT2D eigenvalue weighted by molar-refractivity contribution is 7.16. The summed E-state index contributed by atoms with van der Waals surface area (Å²) < 4.78 is 0.885. The van der Waals surface area contributed by atoms with Crippen LogP contribution in [-0.4, -0.2) is 6.54 Å². The van der Waals surface area contributed by atoms with E-state index in [1.165, 1.54) is 17.7 Å². The van der Waals surface area contributed by atoms with Gasteiger partial charge in [-0.15, -0.1) is 11.3 Å². The molecule has 1 nitrogen and oxygen atoms in total. The Morgan fingerprint density at radius 1 is 1.43 bits per heavy atom. The van der Waals surface area contributed by atoms with Crippen LogP contribution in [0.5, 0.6) is 0 Å². The van der Waals surface area contributed by atoms with Gasteiger partial charge in [0.05, 0.1) is 4.34 Å². The van der Waals surface area contributed by atoms with Crippen LogP contribution in [-0.2, 0) is 0 Å². The molecule has 0 saturated heterocycles. The third-order valence-corrected chi connectivity index (χ3v) is 3.61. The zero-order valence-electron chi connectivity index (χ0n) is 8.85. The number of hydrogen-bond donors (Lipinski definition) is 1. The summed E-state index contributed by atoms with van der Waals surface area (Å²) in [6.07, 6.45) is 3.62. The summed E-state index contributed by atoms with van der Waals surface area (Å²) in [6.45, 7) is 5.52. The van der Waals surface area contributed by atoms with E-state index in [1.807, 2.05) is 6.07 Å². The van der Waals surface area contributed by atoms with Crippen LogP contribution >= 0.6 is 22.9 Å². The van der Waals surface area contributed by atoms with Gasteiger partial charge >= 0.3 is 0 Å². The fourth-order valence-electron chi connectivity index (χ4n) is 1.41. The molecule has 0 aliphatic heterocycles. The molecule has 0 bridgehead atoms. The van der Waals surface area contributed by atoms with Gasteiger partial charge in [-0.3, -0.25) is 0 Å². The molecule has 1 heterocycles. The molecule has 0 spiro atoms. The van der Waals surface area contributed by atoms with Crippen LogP contribution in [0.4, 0.5) is 0 Å². The van der Waals surface area contributed by atoms with Gasteiger partial charge in [-0.05, 0) is 31.5 Å². The van der Waals surface area contributed by atoms with Crippen LogP contribution < -0.4 is 5.32 Å². The Balaban J connectivity index is 2.45. The number of nitrogens with one attached hydrogen (secondary N) is 1. The molecule has 0 saturated carbocycles. The summed E-state index contributed by atoms with van der Waals surface area (Å²) in [5.74, 6) is 0. The highest BCUT2D eigenvalue weighted by Gasteiger charge is 2.09. The number of halogens is 1. The Morgan fingerprint density at radius 2 is 2.21 bits per heavy atom. The maximum Gasteiger partial charge on any atom is 0.0931 e. The van der Waals surface area contributed by atoms with Crippen molar-refractivity contribution < 1.29 is 0 Å². The molecule has 0 aromatic carbocycles. The first-order valence-corrected chi connectivity index (χ1v) is 6.46. The molecule has 3 heteroatoms. The molecule has 14 heavy (non-hydrogen) atoms. The number of hydrogen-bond acceptors (Lipinski definition) is 2. The minimum Gasteiger partial charge on any atom is -0.309 e. The van der Waals surface area contributed by atoms with Crippen molar-refractivity contribution in [2.24, 2.45) is 0 Å². The van der Waals surface area contributed by atoms with E-state index in [0.717, 1.165) is 17.3 Å². The van der Waals surface area contributed by atoms with E-state index in [1.54, 1.807) is 11.3 Å². The molecule has 1 aromatic rings. The predicted molar refractivity (Wildman–Crippen MR) is 65.3 cm³/mol. The zero-order chi connectivity index (χ0) is 10.4. The molecule has 1 aromatic heterocycles. The van der Waals surface area contributed by atoms with Gasteiger partial charge in [0.25, 0.3) is 0 Å². The van der Waals surface area contributed by atoms with Gasteiger partial charge in [0, 0.05) is 10.9 Å². The average Bonchev–Trinajstić information content (AvgIpc) is 2.60. The number of unbranched alkanes of at least 4 members (excludes halogenated alkanes) is 1. The maximum absolute atomic E-state index is 5.91. The lowest BCUT2D eigenvalue weighted by Gasteiger charge is -2.14. The molecule has 0 aliphatic carbocycles. The lowest BCUT2D eigenvalue weighted by atomic mass is 10.2. The lowest BCUT2D eigenvalue weighted by molar-refractivity contribution is 0.514. The van der Waals surface area contributed by atoms with Crippen molar-refractivity contribution in [1.29, 1.82) is 0 Å². The molecule has 1 unspecified atom stereocenters. The summed E-state index contributed by atoms with van der Waals surface area (Å²) >= 11 is 7.59. The molecule has 0 radical (unpaired) electrons. The topological polar surface area (TPSA) is 12.0 Å². The van der Waals surface area contributed by atoms with Gasteiger partial charge in [0.15, 0.2) is 0 Å². The van der Waals surface area contributed by atoms with Crippen molar-refractivity contribution in [3.63, 3.8) is 0 Å². The fraction of sp³-hybridized carbons (Fsp3) is 0.636. The van der Waals surface area contributed by atoms with Crippen LogP contribution in [0.2, 0.25) is 4.34 Å². The van der Waals surface area contributed by atoms with E-state index in [2.05, 4.69) is 25.2 Å². The van der Waals surface area contributed by atoms with Gasteiger partial charge < -0.3 is 5.32 Å². The highest BCUT2D eigenvalue weighted by atomic mass is 35.5. The Hall–Kier alpha value is -0.0500. The van der Waals surface area contributed by atoms with Crippen molar-refractivity contribution >= 4 is 22.9 Å². The summed E-state index contributed by atoms with van der Waals surface area (Å²) in [6, 6.07) is 4.59. The molecular weight excluding hydrogens is 214 g/mol. The Morgan fingerprint density at radius 3 is 2.71 bits per heavy atom. The van der Waals surface area contributed by atoms with Gasteiger partial charge in [-0.2, -0.15) is 0 Å². The molecule has 1 atom stereocenters. The quantitative estimate of drug-likeness (QED) is 0.722. The second-order valence-corrected chi connectivity index (χ2v) is 5.16. The minimum absolute atomic E-state index is 0.485. The standard InChI is InChI=1S/C11H18ClNS/c1-3-5-8-13-9(4-2)10-6-7-11(12)14-10/h6-7,9,13H,3-5,8H2,1-2H3. The Labute approximate surface area is 95.5 Å². The number of thiophene rings is 1. The zero-order valence-corrected chi connectivity index (χ0v) is 10.4. The third kappa shape index (κ3) is 3.60. The summed E-state index contributed by atoms with van der Waals surface area (Å²) in [5.41, 5.74) is 0. The van der Waals surface area contributed by atoms with Crippen LogP contribution in [0.3, 0.4) is 0 Å². The third-order valence-electron chi connectivity index (χ3n) is 2.27. The van der Waals surface area contributed by atoms with Crippen LogP contribution in [0.15, 0.2) is 12.1 Å². The fourth-order valence-corrected chi connectivity index (χ4v) is 2.63. The molecule has 0 amide bonds. The highest BCUT2D eigenvalue weighted by Crippen LogP contribution is 2.28. The van der Waals surface area contributed by atoms with E-state index in [9.17, 15) is 0 Å². The molecule has 1 rings (SSSR count). The maximum atomic E-state index is 5.91. The SMILES string of the molecule is CCCCNC(CC)c1ccc(Cl)s1. The van der Waals surface area contributed by atoms with Crippen LogP contribution in [0.1, 0.15) is 44.0 Å². The predicted octanol–water partition coefficient (Wildman–Crippen LogP) is 4.24. The number of rotatable bonds is 6. The monoisotopic (exact) mass is 231 g/mol. The van der Waals surface area contributed by atoms with Gasteiger partial charge in [-0.25, -0.2) is 0 Å². The normalized spacial score (nSPS) is 13.1.